The number of unbranched alkanes of at least 4 members (excludes halogenated alkanes) is 14. The fraction of sp³-hybridized carbons (Fsp3) is 0.962. The third-order valence-corrected chi connectivity index (χ3v) is 6.27. The van der Waals surface area contributed by atoms with E-state index in [2.05, 4.69) is 13.8 Å². The molecule has 1 unspecified atom stereocenters. The summed E-state index contributed by atoms with van der Waals surface area (Å²) in [7, 11) is 3.75. The maximum atomic E-state index is 11.2. The lowest BCUT2D eigenvalue weighted by Crippen LogP contribution is -2.56. The Balaban J connectivity index is 3.87. The smallest absolute Gasteiger partial charge is 0.119 e. The molecule has 0 aromatic heterocycles. The number of carbonyl (C=O) groups excluding carboxylic acids is 1. The first-order valence-corrected chi connectivity index (χ1v) is 13.0. The van der Waals surface area contributed by atoms with Crippen molar-refractivity contribution in [1.82, 2.24) is 0 Å². The number of aliphatic carboxylic acids is 1. The van der Waals surface area contributed by atoms with Crippen LogP contribution in [0.1, 0.15) is 129 Å². The zero-order valence-corrected chi connectivity index (χ0v) is 20.9. The molecule has 0 bridgehead atoms. The molecule has 0 heterocycles. The van der Waals surface area contributed by atoms with Crippen LogP contribution < -0.4 is 5.11 Å². The molecule has 0 aromatic carbocycles. The zero-order valence-electron chi connectivity index (χ0n) is 20.9. The number of nitrogens with zero attached hydrogens (tertiary/aromatic N) is 1. The van der Waals surface area contributed by atoms with Crippen LogP contribution in [-0.4, -0.2) is 48.3 Å². The Bertz CT molecular complexity index is 411. The second kappa shape index (κ2) is 18.0. The molecule has 1 N–H and O–H groups in total. The van der Waals surface area contributed by atoms with Gasteiger partial charge in [-0.15, -0.1) is 0 Å². The molecule has 0 radical (unpaired) electrons. The fourth-order valence-corrected chi connectivity index (χ4v) is 4.64. The van der Waals surface area contributed by atoms with Gasteiger partial charge in [0.1, 0.15) is 18.7 Å². The Morgan fingerprint density at radius 2 is 1.07 bits per heavy atom. The van der Waals surface area contributed by atoms with Crippen LogP contribution in [0.15, 0.2) is 0 Å². The van der Waals surface area contributed by atoms with Gasteiger partial charge in [-0.2, -0.15) is 0 Å². The molecule has 0 spiro atoms. The lowest BCUT2D eigenvalue weighted by Gasteiger charge is -2.38. The molecule has 0 saturated carbocycles. The number of rotatable bonds is 22. The summed E-state index contributed by atoms with van der Waals surface area (Å²) < 4.78 is 0.279. The lowest BCUT2D eigenvalue weighted by molar-refractivity contribution is -0.891. The third-order valence-electron chi connectivity index (χ3n) is 6.27. The van der Waals surface area contributed by atoms with Gasteiger partial charge in [0, 0.05) is 0 Å². The maximum absolute atomic E-state index is 11.2. The molecule has 0 saturated heterocycles. The molecule has 4 heteroatoms. The van der Waals surface area contributed by atoms with E-state index in [1.54, 1.807) is 0 Å². The second-order valence-corrected chi connectivity index (χ2v) is 10.3. The highest BCUT2D eigenvalue weighted by atomic mass is 16.4. The SMILES string of the molecule is CCCCCCCCCCCCCCCCC(O)(CCCC)C[N+](C)(C)CC(=O)[O-]. The minimum absolute atomic E-state index is 0.0484. The van der Waals surface area contributed by atoms with Crippen molar-refractivity contribution in [2.24, 2.45) is 0 Å². The van der Waals surface area contributed by atoms with E-state index in [1.807, 2.05) is 14.1 Å². The fourth-order valence-electron chi connectivity index (χ4n) is 4.64. The first-order chi connectivity index (χ1) is 14.2. The largest absolute Gasteiger partial charge is 0.544 e. The van der Waals surface area contributed by atoms with Crippen LogP contribution in [0.3, 0.4) is 0 Å². The van der Waals surface area contributed by atoms with Gasteiger partial charge >= 0.3 is 0 Å². The molecule has 0 aliphatic heterocycles. The monoisotopic (exact) mass is 427 g/mol. The lowest BCUT2D eigenvalue weighted by atomic mass is 9.89. The summed E-state index contributed by atoms with van der Waals surface area (Å²) in [5.41, 5.74) is -0.758. The minimum atomic E-state index is -1.05. The number of carboxylic acids is 1. The van der Waals surface area contributed by atoms with Gasteiger partial charge in [-0.05, 0) is 12.8 Å². The summed E-state index contributed by atoms with van der Waals surface area (Å²) in [6.45, 7) is 4.84. The first-order valence-electron chi connectivity index (χ1n) is 13.0. The van der Waals surface area contributed by atoms with E-state index in [1.165, 1.54) is 83.5 Å². The van der Waals surface area contributed by atoms with Crippen LogP contribution in [0.25, 0.3) is 0 Å². The summed E-state index contributed by atoms with van der Waals surface area (Å²) in [6.07, 6.45) is 22.2. The Kier molecular flexibility index (Phi) is 17.6. The predicted molar refractivity (Wildman–Crippen MR) is 126 cm³/mol. The Morgan fingerprint density at radius 3 is 1.47 bits per heavy atom. The molecular weight excluding hydrogens is 374 g/mol. The number of aliphatic hydroxyl groups is 1. The molecule has 0 amide bonds. The molecule has 4 nitrogen and oxygen atoms in total. The van der Waals surface area contributed by atoms with Crippen molar-refractivity contribution in [2.45, 2.75) is 135 Å². The number of hydrogen-bond donors (Lipinski definition) is 1. The van der Waals surface area contributed by atoms with Gasteiger partial charge < -0.3 is 19.5 Å². The predicted octanol–water partition coefficient (Wildman–Crippen LogP) is 5.61. The number of hydrogen-bond acceptors (Lipinski definition) is 3. The van der Waals surface area contributed by atoms with Crippen molar-refractivity contribution >= 4 is 5.97 Å². The van der Waals surface area contributed by atoms with Gasteiger partial charge in [0.15, 0.2) is 0 Å². The molecular formula is C26H53NO3. The normalized spacial score (nSPS) is 14.0. The van der Waals surface area contributed by atoms with Crippen LogP contribution in [0.5, 0.6) is 0 Å². The number of carbonyl (C=O) groups is 1. The van der Waals surface area contributed by atoms with Gasteiger partial charge in [0.2, 0.25) is 0 Å². The molecule has 180 valence electrons. The van der Waals surface area contributed by atoms with Crippen LogP contribution in [0, 0.1) is 0 Å². The van der Waals surface area contributed by atoms with E-state index in [4.69, 9.17) is 0 Å². The van der Waals surface area contributed by atoms with Gasteiger partial charge in [0.05, 0.1) is 20.1 Å². The van der Waals surface area contributed by atoms with E-state index in [9.17, 15) is 15.0 Å². The molecule has 1 atom stereocenters. The number of quaternary nitrogens is 1. The van der Waals surface area contributed by atoms with Crippen molar-refractivity contribution in [3.8, 4) is 0 Å². The van der Waals surface area contributed by atoms with Crippen molar-refractivity contribution in [1.29, 1.82) is 0 Å². The Hall–Kier alpha value is -0.610. The highest BCUT2D eigenvalue weighted by Crippen LogP contribution is 2.25. The zero-order chi connectivity index (χ0) is 22.7. The van der Waals surface area contributed by atoms with Gasteiger partial charge in [-0.1, -0.05) is 117 Å². The molecule has 30 heavy (non-hydrogen) atoms. The van der Waals surface area contributed by atoms with Crippen LogP contribution in [-0.2, 0) is 4.79 Å². The van der Waals surface area contributed by atoms with Crippen LogP contribution >= 0.6 is 0 Å². The van der Waals surface area contributed by atoms with E-state index in [0.717, 1.165) is 32.1 Å². The highest BCUT2D eigenvalue weighted by Gasteiger charge is 2.34. The Labute approximate surface area is 188 Å². The maximum Gasteiger partial charge on any atom is 0.119 e. The highest BCUT2D eigenvalue weighted by molar-refractivity contribution is 5.65. The van der Waals surface area contributed by atoms with E-state index < -0.39 is 11.6 Å². The summed E-state index contributed by atoms with van der Waals surface area (Å²) in [4.78, 5) is 11.0. The standard InChI is InChI=1S/C26H53NO3/c1-5-7-9-10-11-12-13-14-15-16-17-18-19-20-22-26(30,21-8-6-2)24-27(3,4)23-25(28)29/h30H,5-24H2,1-4H3. The van der Waals surface area contributed by atoms with E-state index >= 15 is 0 Å². The summed E-state index contributed by atoms with van der Waals surface area (Å²) in [5.74, 6) is -1.05. The van der Waals surface area contributed by atoms with Crippen molar-refractivity contribution in [3.05, 3.63) is 0 Å². The number of carboxylic acid groups (broad SMARTS) is 1. The minimum Gasteiger partial charge on any atom is -0.544 e. The number of likely N-dealkylation sites (N-methyl/N-ethyl adjacent to an activating group) is 1. The first kappa shape index (κ1) is 29.4. The topological polar surface area (TPSA) is 60.4 Å². The molecule has 0 aliphatic rings. The third kappa shape index (κ3) is 18.2. The van der Waals surface area contributed by atoms with Crippen molar-refractivity contribution in [2.75, 3.05) is 27.2 Å². The van der Waals surface area contributed by atoms with Crippen molar-refractivity contribution in [3.63, 3.8) is 0 Å². The van der Waals surface area contributed by atoms with Gasteiger partial charge in [0.25, 0.3) is 0 Å². The summed E-state index contributed by atoms with van der Waals surface area (Å²) in [6, 6.07) is 0. The van der Waals surface area contributed by atoms with Gasteiger partial charge in [-0.3, -0.25) is 0 Å². The second-order valence-electron chi connectivity index (χ2n) is 10.3. The average Bonchev–Trinajstić information content (AvgIpc) is 2.65. The molecule has 0 fully saturated rings. The average molecular weight is 428 g/mol. The van der Waals surface area contributed by atoms with E-state index in [0.29, 0.717) is 6.54 Å². The Morgan fingerprint density at radius 1 is 0.700 bits per heavy atom. The quantitative estimate of drug-likeness (QED) is 0.180. The van der Waals surface area contributed by atoms with E-state index in [-0.39, 0.29) is 11.0 Å². The molecule has 0 aliphatic carbocycles. The van der Waals surface area contributed by atoms with Gasteiger partial charge in [-0.25, -0.2) is 0 Å². The molecule has 0 rings (SSSR count). The van der Waals surface area contributed by atoms with Crippen LogP contribution in [0.2, 0.25) is 0 Å². The summed E-state index contributed by atoms with van der Waals surface area (Å²) in [5, 5.41) is 22.2. The summed E-state index contributed by atoms with van der Waals surface area (Å²) >= 11 is 0. The van der Waals surface area contributed by atoms with Crippen LogP contribution in [0.4, 0.5) is 0 Å². The molecule has 0 aromatic rings. The van der Waals surface area contributed by atoms with Crippen molar-refractivity contribution < 1.29 is 19.5 Å².